The van der Waals surface area contributed by atoms with Crippen LogP contribution in [0.25, 0.3) is 11.0 Å². The average Bonchev–Trinajstić information content (AvgIpc) is 2.56. The third kappa shape index (κ3) is 2.48. The van der Waals surface area contributed by atoms with E-state index in [1.54, 1.807) is 13.1 Å². The highest BCUT2D eigenvalue weighted by Crippen LogP contribution is 2.11. The fourth-order valence-electron chi connectivity index (χ4n) is 1.51. The molecule has 0 saturated heterocycles. The van der Waals surface area contributed by atoms with Gasteiger partial charge in [0, 0.05) is 6.20 Å². The third-order valence-corrected chi connectivity index (χ3v) is 3.11. The monoisotopic (exact) mass is 245 g/mol. The van der Waals surface area contributed by atoms with Gasteiger partial charge < -0.3 is 9.97 Å². The lowest BCUT2D eigenvalue weighted by Gasteiger charge is -2.02. The van der Waals surface area contributed by atoms with Gasteiger partial charge in [0.25, 0.3) is 5.56 Å². The fraction of sp³-hybridized carbons (Fsp3) is 0.333. The molecule has 0 aromatic carbocycles. The molecular weight excluding hydrogens is 230 g/mol. The average molecular weight is 245 g/mol. The van der Waals surface area contributed by atoms with Gasteiger partial charge in [-0.05, 0) is 6.92 Å². The molecule has 2 heterocycles. The first-order valence-electron chi connectivity index (χ1n) is 5.48. The van der Waals surface area contributed by atoms with E-state index >= 15 is 0 Å². The van der Waals surface area contributed by atoms with Crippen molar-refractivity contribution in [1.82, 2.24) is 15.0 Å². The van der Waals surface area contributed by atoms with Crippen LogP contribution in [0.3, 0.4) is 0 Å². The standard InChI is InChI=1S/C12H15N3OSi/c1-8-14-11-10(12(16)15-8)9(7-13-11)5-6-17(2,3)4/h7H,1-4H3,(H2,13,14,15,16). The summed E-state index contributed by atoms with van der Waals surface area (Å²) in [4.78, 5) is 21.7. The van der Waals surface area contributed by atoms with Crippen LogP contribution < -0.4 is 5.56 Å². The second-order valence-corrected chi connectivity index (χ2v) is 9.83. The first-order valence-corrected chi connectivity index (χ1v) is 8.98. The van der Waals surface area contributed by atoms with Crippen LogP contribution in [0.15, 0.2) is 11.0 Å². The second-order valence-electron chi connectivity index (χ2n) is 5.08. The molecule has 0 spiro atoms. The van der Waals surface area contributed by atoms with Crippen LogP contribution in [-0.2, 0) is 0 Å². The highest BCUT2D eigenvalue weighted by molar-refractivity contribution is 6.83. The molecule has 4 nitrogen and oxygen atoms in total. The van der Waals surface area contributed by atoms with Crippen LogP contribution in [0.4, 0.5) is 0 Å². The van der Waals surface area contributed by atoms with Gasteiger partial charge in [-0.15, -0.1) is 5.54 Å². The fourth-order valence-corrected chi connectivity index (χ4v) is 2.02. The molecule has 0 aliphatic heterocycles. The molecule has 0 aliphatic carbocycles. The lowest BCUT2D eigenvalue weighted by Crippen LogP contribution is -2.16. The van der Waals surface area contributed by atoms with Gasteiger partial charge in [0.05, 0.1) is 10.9 Å². The number of hydrogen-bond acceptors (Lipinski definition) is 2. The van der Waals surface area contributed by atoms with Crippen molar-refractivity contribution in [2.45, 2.75) is 26.6 Å². The molecule has 2 rings (SSSR count). The molecule has 17 heavy (non-hydrogen) atoms. The summed E-state index contributed by atoms with van der Waals surface area (Å²) >= 11 is 0. The molecule has 2 aromatic rings. The van der Waals surface area contributed by atoms with Crippen LogP contribution in [0, 0.1) is 18.4 Å². The van der Waals surface area contributed by atoms with Gasteiger partial charge in [0.2, 0.25) is 0 Å². The van der Waals surface area contributed by atoms with Crippen molar-refractivity contribution in [3.05, 3.63) is 27.9 Å². The lowest BCUT2D eigenvalue weighted by atomic mass is 10.2. The van der Waals surface area contributed by atoms with Crippen LogP contribution in [0.1, 0.15) is 11.4 Å². The number of rotatable bonds is 0. The summed E-state index contributed by atoms with van der Waals surface area (Å²) in [7, 11) is -1.44. The van der Waals surface area contributed by atoms with Gasteiger partial charge in [-0.3, -0.25) is 4.79 Å². The number of fused-ring (bicyclic) bond motifs is 1. The van der Waals surface area contributed by atoms with Gasteiger partial charge in [-0.1, -0.05) is 25.6 Å². The van der Waals surface area contributed by atoms with E-state index in [0.29, 0.717) is 16.9 Å². The molecule has 0 saturated carbocycles. The molecular formula is C12H15N3OSi. The number of aromatic nitrogens is 3. The maximum absolute atomic E-state index is 11.8. The van der Waals surface area contributed by atoms with Gasteiger partial charge in [0.1, 0.15) is 19.5 Å². The summed E-state index contributed by atoms with van der Waals surface area (Å²) in [6.45, 7) is 8.26. The van der Waals surface area contributed by atoms with Crippen molar-refractivity contribution < 1.29 is 0 Å². The molecule has 2 aromatic heterocycles. The normalized spacial score (nSPS) is 11.3. The molecule has 0 fully saturated rings. The van der Waals surface area contributed by atoms with E-state index in [4.69, 9.17) is 0 Å². The highest BCUT2D eigenvalue weighted by atomic mass is 28.3. The van der Waals surface area contributed by atoms with E-state index in [2.05, 4.69) is 46.1 Å². The van der Waals surface area contributed by atoms with Gasteiger partial charge >= 0.3 is 0 Å². The molecule has 0 amide bonds. The van der Waals surface area contributed by atoms with Crippen LogP contribution in [-0.4, -0.2) is 23.0 Å². The lowest BCUT2D eigenvalue weighted by molar-refractivity contribution is 1.05. The first kappa shape index (κ1) is 11.7. The van der Waals surface area contributed by atoms with Crippen LogP contribution >= 0.6 is 0 Å². The molecule has 0 unspecified atom stereocenters. The van der Waals surface area contributed by atoms with Crippen molar-refractivity contribution in [3.63, 3.8) is 0 Å². The zero-order chi connectivity index (χ0) is 12.6. The summed E-state index contributed by atoms with van der Waals surface area (Å²) < 4.78 is 0. The Kier molecular flexibility index (Phi) is 2.67. The largest absolute Gasteiger partial charge is 0.345 e. The summed E-state index contributed by atoms with van der Waals surface area (Å²) in [5, 5.41) is 0.557. The third-order valence-electron chi connectivity index (χ3n) is 2.23. The van der Waals surface area contributed by atoms with Crippen molar-refractivity contribution in [1.29, 1.82) is 0 Å². The Labute approximate surface area is 100 Å². The number of nitrogens with one attached hydrogen (secondary N) is 2. The second kappa shape index (κ2) is 3.89. The minimum absolute atomic E-state index is 0.131. The quantitative estimate of drug-likeness (QED) is 0.549. The topological polar surface area (TPSA) is 61.5 Å². The molecule has 5 heteroatoms. The maximum atomic E-state index is 11.8. The van der Waals surface area contributed by atoms with E-state index in [-0.39, 0.29) is 5.56 Å². The van der Waals surface area contributed by atoms with Crippen molar-refractivity contribution in [2.75, 3.05) is 0 Å². The number of aryl methyl sites for hydroxylation is 1. The van der Waals surface area contributed by atoms with E-state index in [1.807, 2.05) is 0 Å². The predicted octanol–water partition coefficient (Wildman–Crippen LogP) is 1.79. The Bertz CT molecular complexity index is 680. The molecule has 0 bridgehead atoms. The first-order chi connectivity index (χ1) is 7.87. The van der Waals surface area contributed by atoms with Gasteiger partial charge in [0.15, 0.2) is 0 Å². The van der Waals surface area contributed by atoms with Gasteiger partial charge in [-0.25, -0.2) is 4.98 Å². The maximum Gasteiger partial charge on any atom is 0.261 e. The van der Waals surface area contributed by atoms with Crippen molar-refractivity contribution in [2.24, 2.45) is 0 Å². The molecule has 0 atom stereocenters. The van der Waals surface area contributed by atoms with E-state index in [1.165, 1.54) is 0 Å². The predicted molar refractivity (Wildman–Crippen MR) is 71.7 cm³/mol. The number of H-pyrrole nitrogens is 2. The molecule has 0 aliphatic rings. The van der Waals surface area contributed by atoms with Gasteiger partial charge in [-0.2, -0.15) is 0 Å². The Morgan fingerprint density at radius 3 is 2.71 bits per heavy atom. The van der Waals surface area contributed by atoms with Crippen LogP contribution in [0.5, 0.6) is 0 Å². The summed E-state index contributed by atoms with van der Waals surface area (Å²) in [5.41, 5.74) is 4.45. The summed E-state index contributed by atoms with van der Waals surface area (Å²) in [5.74, 6) is 3.69. The Balaban J connectivity index is 2.64. The number of hydrogen-bond donors (Lipinski definition) is 2. The zero-order valence-corrected chi connectivity index (χ0v) is 11.4. The Hall–Kier alpha value is -1.80. The van der Waals surface area contributed by atoms with Crippen LogP contribution in [0.2, 0.25) is 19.6 Å². The summed E-state index contributed by atoms with van der Waals surface area (Å²) in [6.07, 6.45) is 1.75. The van der Waals surface area contributed by atoms with E-state index in [9.17, 15) is 4.79 Å². The highest BCUT2D eigenvalue weighted by Gasteiger charge is 2.10. The minimum atomic E-state index is -1.44. The van der Waals surface area contributed by atoms with E-state index in [0.717, 1.165) is 5.56 Å². The van der Waals surface area contributed by atoms with Crippen molar-refractivity contribution in [3.8, 4) is 11.5 Å². The Morgan fingerprint density at radius 1 is 1.35 bits per heavy atom. The molecule has 2 N–H and O–H groups in total. The SMILES string of the molecule is Cc1nc2[nH]cc(C#C[Si](C)(C)C)c2c(=O)[nH]1. The summed E-state index contributed by atoms with van der Waals surface area (Å²) in [6, 6.07) is 0. The number of nitrogens with zero attached hydrogens (tertiary/aromatic N) is 1. The molecule has 88 valence electrons. The van der Waals surface area contributed by atoms with Crippen molar-refractivity contribution >= 4 is 19.1 Å². The zero-order valence-electron chi connectivity index (χ0n) is 10.4. The molecule has 0 radical (unpaired) electrons. The Morgan fingerprint density at radius 2 is 2.06 bits per heavy atom. The van der Waals surface area contributed by atoms with E-state index < -0.39 is 8.07 Å². The number of aromatic amines is 2. The minimum Gasteiger partial charge on any atom is -0.345 e. The smallest absolute Gasteiger partial charge is 0.261 e.